The summed E-state index contributed by atoms with van der Waals surface area (Å²) in [5, 5.41) is 12.6. The summed E-state index contributed by atoms with van der Waals surface area (Å²) in [4.78, 5) is 16.9. The zero-order valence-electron chi connectivity index (χ0n) is 24.9. The monoisotopic (exact) mass is 679 g/mol. The summed E-state index contributed by atoms with van der Waals surface area (Å²) < 4.78 is 76.2. The Balaban J connectivity index is 1.42. The van der Waals surface area contributed by atoms with Gasteiger partial charge in [-0.05, 0) is 81.4 Å². The second kappa shape index (κ2) is 12.7. The molecular weight excluding hydrogens is 652 g/mol. The van der Waals surface area contributed by atoms with Crippen LogP contribution in [0.1, 0.15) is 23.1 Å². The molecule has 1 aliphatic heterocycles. The van der Waals surface area contributed by atoms with E-state index in [2.05, 4.69) is 4.98 Å². The normalized spacial score (nSPS) is 13.8. The van der Waals surface area contributed by atoms with E-state index in [1.807, 2.05) is 0 Å². The highest BCUT2D eigenvalue weighted by Gasteiger charge is 2.32. The Labute approximate surface area is 273 Å². The van der Waals surface area contributed by atoms with Crippen LogP contribution < -0.4 is 9.04 Å². The maximum Gasteiger partial charge on any atom is 0.416 e. The van der Waals surface area contributed by atoms with Gasteiger partial charge in [0.1, 0.15) is 5.75 Å². The Morgan fingerprint density at radius 3 is 2.45 bits per heavy atom. The molecule has 0 saturated carbocycles. The Morgan fingerprint density at radius 2 is 1.81 bits per heavy atom. The van der Waals surface area contributed by atoms with Gasteiger partial charge in [0.05, 0.1) is 24.1 Å². The van der Waals surface area contributed by atoms with Gasteiger partial charge in [-0.1, -0.05) is 48.5 Å². The van der Waals surface area contributed by atoms with Crippen molar-refractivity contribution in [1.29, 1.82) is 0 Å². The summed E-state index contributed by atoms with van der Waals surface area (Å²) in [6.45, 7) is 0.240. The minimum atomic E-state index is -4.58. The number of methoxy groups -OCH3 is 1. The number of hydrogen-bond donors (Lipinski definition) is 1. The number of sulfonamides is 1. The van der Waals surface area contributed by atoms with Crippen LogP contribution in [0.15, 0.2) is 101 Å². The highest BCUT2D eigenvalue weighted by molar-refractivity contribution is 7.93. The largest absolute Gasteiger partial charge is 0.497 e. The molecule has 6 rings (SSSR count). The Kier molecular flexibility index (Phi) is 8.68. The lowest BCUT2D eigenvalue weighted by Gasteiger charge is -2.26. The van der Waals surface area contributed by atoms with Gasteiger partial charge in [-0.25, -0.2) is 22.5 Å². The van der Waals surface area contributed by atoms with Gasteiger partial charge in [-0.15, -0.1) is 11.3 Å². The molecule has 4 aromatic carbocycles. The molecular formula is C34H28F3N3O5S2. The number of fused-ring (bicyclic) bond motifs is 1. The van der Waals surface area contributed by atoms with Crippen molar-refractivity contribution in [3.63, 3.8) is 0 Å². The van der Waals surface area contributed by atoms with E-state index in [4.69, 9.17) is 4.74 Å². The molecule has 0 bridgehead atoms. The molecule has 47 heavy (non-hydrogen) atoms. The van der Waals surface area contributed by atoms with E-state index < -0.39 is 27.9 Å². The number of thiazole rings is 1. The topological polar surface area (TPSA) is 100 Å². The molecule has 5 aromatic rings. The lowest BCUT2D eigenvalue weighted by molar-refractivity contribution is -0.137. The molecule has 0 spiro atoms. The number of halogens is 3. The third kappa shape index (κ3) is 6.54. The summed E-state index contributed by atoms with van der Waals surface area (Å²) in [5.41, 5.74) is 2.02. The molecule has 0 atom stereocenters. The predicted molar refractivity (Wildman–Crippen MR) is 175 cm³/mol. The van der Waals surface area contributed by atoms with Crippen LogP contribution in [0.4, 0.5) is 23.1 Å². The summed E-state index contributed by atoms with van der Waals surface area (Å²) >= 11 is 1.19. The van der Waals surface area contributed by atoms with E-state index in [0.29, 0.717) is 43.9 Å². The van der Waals surface area contributed by atoms with Crippen molar-refractivity contribution in [2.24, 2.45) is 0 Å². The first kappa shape index (κ1) is 32.1. The molecule has 13 heteroatoms. The molecule has 0 unspecified atom stereocenters. The minimum Gasteiger partial charge on any atom is -0.497 e. The van der Waals surface area contributed by atoms with Crippen LogP contribution in [0.3, 0.4) is 0 Å². The fraction of sp³-hybridized carbons (Fsp3) is 0.176. The maximum atomic E-state index is 14.1. The quantitative estimate of drug-likeness (QED) is 0.178. The van der Waals surface area contributed by atoms with Gasteiger partial charge in [0.2, 0.25) is 0 Å². The van der Waals surface area contributed by atoms with E-state index >= 15 is 0 Å². The molecule has 1 aromatic heterocycles. The van der Waals surface area contributed by atoms with Crippen molar-refractivity contribution in [2.75, 3.05) is 24.5 Å². The SMILES string of the molecule is COc1ccc(CN(c2nccs2)S(=O)(=O)c2ccc3c(-c4ccc(C(F)(F)F)cc4C4=CCN(C(=O)O)CC4)cccc3c2)cc1. The fourth-order valence-electron chi connectivity index (χ4n) is 5.58. The van der Waals surface area contributed by atoms with Crippen molar-refractivity contribution >= 4 is 48.9 Å². The molecule has 0 fully saturated rings. The second-order valence-corrected chi connectivity index (χ2v) is 13.6. The number of nitrogens with zero attached hydrogens (tertiary/aromatic N) is 3. The number of carbonyl (C=O) groups is 1. The Morgan fingerprint density at radius 1 is 1.02 bits per heavy atom. The lowest BCUT2D eigenvalue weighted by atomic mass is 9.88. The fourth-order valence-corrected chi connectivity index (χ4v) is 7.90. The van der Waals surface area contributed by atoms with Gasteiger partial charge in [-0.2, -0.15) is 13.2 Å². The molecule has 242 valence electrons. The van der Waals surface area contributed by atoms with Crippen LogP contribution in [0.5, 0.6) is 5.75 Å². The van der Waals surface area contributed by atoms with Gasteiger partial charge >= 0.3 is 12.3 Å². The number of amides is 1. The van der Waals surface area contributed by atoms with Crippen LogP contribution >= 0.6 is 11.3 Å². The number of ether oxygens (including phenoxy) is 1. The summed E-state index contributed by atoms with van der Waals surface area (Å²) in [5.74, 6) is 0.640. The number of aromatic nitrogens is 1. The van der Waals surface area contributed by atoms with Crippen LogP contribution in [-0.2, 0) is 22.7 Å². The number of anilines is 1. The summed E-state index contributed by atoms with van der Waals surface area (Å²) in [6.07, 6.45) is -2.25. The second-order valence-electron chi connectivity index (χ2n) is 10.8. The number of rotatable bonds is 8. The molecule has 2 heterocycles. The molecule has 0 aliphatic carbocycles. The smallest absolute Gasteiger partial charge is 0.416 e. The van der Waals surface area contributed by atoms with Gasteiger partial charge in [0.25, 0.3) is 10.0 Å². The highest BCUT2D eigenvalue weighted by atomic mass is 32.2. The molecule has 1 aliphatic rings. The van der Waals surface area contributed by atoms with Crippen LogP contribution in [0.25, 0.3) is 27.5 Å². The number of alkyl halides is 3. The number of benzene rings is 4. The van der Waals surface area contributed by atoms with Crippen molar-refractivity contribution in [3.05, 3.63) is 113 Å². The molecule has 0 saturated heterocycles. The van der Waals surface area contributed by atoms with Gasteiger partial charge in [0.15, 0.2) is 5.13 Å². The summed E-state index contributed by atoms with van der Waals surface area (Å²) in [6, 6.07) is 20.6. The van der Waals surface area contributed by atoms with E-state index in [1.165, 1.54) is 38.9 Å². The van der Waals surface area contributed by atoms with E-state index in [1.54, 1.807) is 73.2 Å². The van der Waals surface area contributed by atoms with Gasteiger partial charge in [-0.3, -0.25) is 0 Å². The van der Waals surface area contributed by atoms with Gasteiger partial charge in [0, 0.05) is 24.7 Å². The van der Waals surface area contributed by atoms with E-state index in [-0.39, 0.29) is 31.0 Å². The van der Waals surface area contributed by atoms with Crippen LogP contribution in [-0.4, -0.2) is 49.7 Å². The first-order chi connectivity index (χ1) is 22.5. The van der Waals surface area contributed by atoms with E-state index in [0.717, 1.165) is 17.7 Å². The first-order valence-corrected chi connectivity index (χ1v) is 16.7. The van der Waals surface area contributed by atoms with Gasteiger partial charge < -0.3 is 14.7 Å². The minimum absolute atomic E-state index is 0.0290. The molecule has 1 amide bonds. The highest BCUT2D eigenvalue weighted by Crippen LogP contribution is 2.40. The number of hydrogen-bond acceptors (Lipinski definition) is 6. The third-order valence-electron chi connectivity index (χ3n) is 8.02. The van der Waals surface area contributed by atoms with Crippen molar-refractivity contribution in [2.45, 2.75) is 24.0 Å². The average Bonchev–Trinajstić information content (AvgIpc) is 3.61. The molecule has 1 N–H and O–H groups in total. The Bertz CT molecular complexity index is 2080. The van der Waals surface area contributed by atoms with Crippen molar-refractivity contribution in [1.82, 2.24) is 9.88 Å². The lowest BCUT2D eigenvalue weighted by Crippen LogP contribution is -2.33. The average molecular weight is 680 g/mol. The summed E-state index contributed by atoms with van der Waals surface area (Å²) in [7, 11) is -2.55. The standard InChI is InChI=1S/C34H28F3N3O5S2/c1-45-26-8-5-22(6-9-26)21-40(32-38-15-18-46-32)47(43,44)27-10-12-28-24(19-27)3-2-4-29(28)30-11-7-25(34(35,36)37)20-31(30)23-13-16-39(17-14-23)33(41)42/h2-13,15,18-20H,14,16-17,21H2,1H3,(H,41,42). The maximum absolute atomic E-state index is 14.1. The Hall–Kier alpha value is -4.88. The van der Waals surface area contributed by atoms with Crippen molar-refractivity contribution < 1.29 is 36.2 Å². The van der Waals surface area contributed by atoms with Crippen molar-refractivity contribution in [3.8, 4) is 16.9 Å². The number of carboxylic acid groups (broad SMARTS) is 1. The third-order valence-corrected chi connectivity index (χ3v) is 10.7. The molecule has 8 nitrogen and oxygen atoms in total. The van der Waals surface area contributed by atoms with Crippen LogP contribution in [0.2, 0.25) is 0 Å². The predicted octanol–water partition coefficient (Wildman–Crippen LogP) is 8.15. The van der Waals surface area contributed by atoms with Crippen LogP contribution in [0, 0.1) is 0 Å². The zero-order valence-corrected chi connectivity index (χ0v) is 26.6. The zero-order chi connectivity index (χ0) is 33.3. The first-order valence-electron chi connectivity index (χ1n) is 14.4. The van der Waals surface area contributed by atoms with E-state index in [9.17, 15) is 31.5 Å². The molecule has 0 radical (unpaired) electrons.